The summed E-state index contributed by atoms with van der Waals surface area (Å²) in [6.07, 6.45) is 3.27. The fourth-order valence-corrected chi connectivity index (χ4v) is 3.28. The van der Waals surface area contributed by atoms with Crippen molar-refractivity contribution in [3.05, 3.63) is 35.9 Å². The van der Waals surface area contributed by atoms with Crippen LogP contribution in [0, 0.1) is 5.92 Å². The molecular weight excluding hydrogens is 344 g/mol. The molecule has 27 heavy (non-hydrogen) atoms. The number of hydrogen-bond acceptors (Lipinski definition) is 4. The zero-order valence-electron chi connectivity index (χ0n) is 16.4. The van der Waals surface area contributed by atoms with Gasteiger partial charge >= 0.3 is 5.97 Å². The molecule has 1 aliphatic heterocycles. The summed E-state index contributed by atoms with van der Waals surface area (Å²) < 4.78 is 5.24. The molecule has 0 saturated carbocycles. The molecule has 0 aromatic heterocycles. The molecule has 2 amide bonds. The molecular formula is C21H30N2O4. The number of piperidine rings is 1. The summed E-state index contributed by atoms with van der Waals surface area (Å²) in [6, 6.07) is 8.75. The maximum atomic E-state index is 12.4. The van der Waals surface area contributed by atoms with Crippen LogP contribution in [0.1, 0.15) is 45.6 Å². The highest BCUT2D eigenvalue weighted by Gasteiger charge is 2.28. The first kappa shape index (κ1) is 20.9. The standard InChI is InChI=1S/C21H30N2O4/c1-15(2)20(22-18(24)13-17-10-5-4-6-11-17)21(26)27-14-19(25)23-12-8-7-9-16(23)3/h4-6,10-11,15-16,20H,7-9,12-14H2,1-3H3,(H,22,24)/t16-,20+/m1/s1. The Bertz CT molecular complexity index is 645. The lowest BCUT2D eigenvalue weighted by atomic mass is 10.0. The van der Waals surface area contributed by atoms with Gasteiger partial charge in [-0.3, -0.25) is 9.59 Å². The molecule has 1 aromatic rings. The first-order valence-corrected chi connectivity index (χ1v) is 9.68. The van der Waals surface area contributed by atoms with Gasteiger partial charge in [0.25, 0.3) is 5.91 Å². The van der Waals surface area contributed by atoms with Crippen LogP contribution in [0.25, 0.3) is 0 Å². The highest BCUT2D eigenvalue weighted by Crippen LogP contribution is 2.16. The molecule has 0 aliphatic carbocycles. The third kappa shape index (κ3) is 6.38. The number of likely N-dealkylation sites (tertiary alicyclic amines) is 1. The van der Waals surface area contributed by atoms with E-state index in [0.717, 1.165) is 24.8 Å². The Labute approximate surface area is 161 Å². The van der Waals surface area contributed by atoms with E-state index in [9.17, 15) is 14.4 Å². The van der Waals surface area contributed by atoms with E-state index >= 15 is 0 Å². The Kier molecular flexibility index (Phi) is 7.82. The van der Waals surface area contributed by atoms with Gasteiger partial charge in [0.1, 0.15) is 6.04 Å². The summed E-state index contributed by atoms with van der Waals surface area (Å²) in [5, 5.41) is 2.74. The maximum absolute atomic E-state index is 12.4. The number of nitrogens with zero attached hydrogens (tertiary/aromatic N) is 1. The molecule has 0 unspecified atom stereocenters. The van der Waals surface area contributed by atoms with Crippen molar-refractivity contribution in [2.75, 3.05) is 13.2 Å². The number of ether oxygens (including phenoxy) is 1. The molecule has 1 aromatic carbocycles. The van der Waals surface area contributed by atoms with Crippen LogP contribution in [0.15, 0.2) is 30.3 Å². The van der Waals surface area contributed by atoms with Crippen molar-refractivity contribution in [2.24, 2.45) is 5.92 Å². The van der Waals surface area contributed by atoms with Crippen LogP contribution in [0.3, 0.4) is 0 Å². The molecule has 6 nitrogen and oxygen atoms in total. The monoisotopic (exact) mass is 374 g/mol. The Morgan fingerprint density at radius 2 is 1.89 bits per heavy atom. The number of amides is 2. The topological polar surface area (TPSA) is 75.7 Å². The highest BCUT2D eigenvalue weighted by molar-refractivity contribution is 5.87. The van der Waals surface area contributed by atoms with Gasteiger partial charge in [-0.05, 0) is 37.7 Å². The Morgan fingerprint density at radius 1 is 1.19 bits per heavy atom. The summed E-state index contributed by atoms with van der Waals surface area (Å²) >= 11 is 0. The first-order valence-electron chi connectivity index (χ1n) is 9.68. The summed E-state index contributed by atoms with van der Waals surface area (Å²) in [7, 11) is 0. The van der Waals surface area contributed by atoms with E-state index in [1.165, 1.54) is 0 Å². The largest absolute Gasteiger partial charge is 0.454 e. The quantitative estimate of drug-likeness (QED) is 0.743. The molecule has 0 radical (unpaired) electrons. The van der Waals surface area contributed by atoms with Gasteiger partial charge in [-0.1, -0.05) is 44.2 Å². The van der Waals surface area contributed by atoms with Crippen LogP contribution in [-0.4, -0.2) is 47.9 Å². The molecule has 1 aliphatic rings. The van der Waals surface area contributed by atoms with Crippen molar-refractivity contribution in [3.63, 3.8) is 0 Å². The van der Waals surface area contributed by atoms with Crippen LogP contribution in [-0.2, 0) is 25.5 Å². The minimum Gasteiger partial charge on any atom is -0.454 e. The number of hydrogen-bond donors (Lipinski definition) is 1. The van der Waals surface area contributed by atoms with Gasteiger partial charge in [-0.15, -0.1) is 0 Å². The number of rotatable bonds is 7. The number of nitrogens with one attached hydrogen (secondary N) is 1. The van der Waals surface area contributed by atoms with E-state index in [1.807, 2.05) is 51.1 Å². The average Bonchev–Trinajstić information content (AvgIpc) is 2.65. The maximum Gasteiger partial charge on any atom is 0.329 e. The number of benzene rings is 1. The molecule has 2 atom stereocenters. The van der Waals surface area contributed by atoms with Gasteiger partial charge in [0, 0.05) is 12.6 Å². The first-order chi connectivity index (χ1) is 12.9. The Morgan fingerprint density at radius 3 is 2.52 bits per heavy atom. The minimum atomic E-state index is -0.771. The normalized spacial score (nSPS) is 18.1. The minimum absolute atomic E-state index is 0.138. The predicted molar refractivity (Wildman–Crippen MR) is 103 cm³/mol. The fraction of sp³-hybridized carbons (Fsp3) is 0.571. The lowest BCUT2D eigenvalue weighted by Gasteiger charge is -2.33. The molecule has 1 N–H and O–H groups in total. The second-order valence-electron chi connectivity index (χ2n) is 7.49. The van der Waals surface area contributed by atoms with Crippen molar-refractivity contribution in [2.45, 2.75) is 58.5 Å². The molecule has 1 heterocycles. The fourth-order valence-electron chi connectivity index (χ4n) is 3.28. The number of carbonyl (C=O) groups is 3. The lowest BCUT2D eigenvalue weighted by molar-refractivity contribution is -0.156. The summed E-state index contributed by atoms with van der Waals surface area (Å²) in [6.45, 7) is 6.12. The van der Waals surface area contributed by atoms with Crippen molar-refractivity contribution in [1.29, 1.82) is 0 Å². The van der Waals surface area contributed by atoms with Crippen LogP contribution in [0.2, 0.25) is 0 Å². The smallest absolute Gasteiger partial charge is 0.329 e. The molecule has 1 fully saturated rings. The van der Waals surface area contributed by atoms with Crippen LogP contribution in [0.4, 0.5) is 0 Å². The molecule has 2 rings (SSSR count). The van der Waals surface area contributed by atoms with E-state index in [2.05, 4.69) is 5.32 Å². The van der Waals surface area contributed by atoms with E-state index in [1.54, 1.807) is 4.90 Å². The van der Waals surface area contributed by atoms with E-state index in [4.69, 9.17) is 4.74 Å². The Balaban J connectivity index is 1.86. The van der Waals surface area contributed by atoms with Crippen LogP contribution < -0.4 is 5.32 Å². The predicted octanol–water partition coefficient (Wildman–Crippen LogP) is 2.31. The Hall–Kier alpha value is -2.37. The summed E-state index contributed by atoms with van der Waals surface area (Å²) in [5.41, 5.74) is 0.875. The van der Waals surface area contributed by atoms with Gasteiger partial charge in [-0.2, -0.15) is 0 Å². The third-order valence-electron chi connectivity index (χ3n) is 4.91. The zero-order valence-corrected chi connectivity index (χ0v) is 16.4. The van der Waals surface area contributed by atoms with E-state index in [-0.39, 0.29) is 36.8 Å². The number of carbonyl (C=O) groups excluding carboxylic acids is 3. The highest BCUT2D eigenvalue weighted by atomic mass is 16.5. The molecule has 0 spiro atoms. The van der Waals surface area contributed by atoms with Gasteiger partial charge in [0.05, 0.1) is 6.42 Å². The summed E-state index contributed by atoms with van der Waals surface area (Å²) in [4.78, 5) is 38.8. The molecule has 0 bridgehead atoms. The summed E-state index contributed by atoms with van der Waals surface area (Å²) in [5.74, 6) is -1.12. The SMILES string of the molecule is CC(C)[C@H](NC(=O)Cc1ccccc1)C(=O)OCC(=O)N1CCCC[C@H]1C. The van der Waals surface area contributed by atoms with Gasteiger partial charge in [-0.25, -0.2) is 4.79 Å². The molecule has 148 valence electrons. The van der Waals surface area contributed by atoms with Crippen LogP contribution >= 0.6 is 0 Å². The third-order valence-corrected chi connectivity index (χ3v) is 4.91. The van der Waals surface area contributed by atoms with Crippen molar-refractivity contribution < 1.29 is 19.1 Å². The second kappa shape index (κ2) is 10.1. The van der Waals surface area contributed by atoms with E-state index in [0.29, 0.717) is 6.54 Å². The van der Waals surface area contributed by atoms with Crippen LogP contribution in [0.5, 0.6) is 0 Å². The van der Waals surface area contributed by atoms with Crippen molar-refractivity contribution in [3.8, 4) is 0 Å². The zero-order chi connectivity index (χ0) is 19.8. The lowest BCUT2D eigenvalue weighted by Crippen LogP contribution is -2.48. The van der Waals surface area contributed by atoms with Gasteiger partial charge in [0.2, 0.25) is 5.91 Å². The molecule has 6 heteroatoms. The molecule has 1 saturated heterocycles. The van der Waals surface area contributed by atoms with Crippen molar-refractivity contribution >= 4 is 17.8 Å². The van der Waals surface area contributed by atoms with E-state index < -0.39 is 12.0 Å². The second-order valence-corrected chi connectivity index (χ2v) is 7.49. The van der Waals surface area contributed by atoms with Crippen molar-refractivity contribution in [1.82, 2.24) is 10.2 Å². The van der Waals surface area contributed by atoms with Gasteiger partial charge < -0.3 is 15.0 Å². The van der Waals surface area contributed by atoms with Gasteiger partial charge in [0.15, 0.2) is 6.61 Å². The average molecular weight is 374 g/mol. The number of esters is 1.